The zero-order valence-corrected chi connectivity index (χ0v) is 10.5. The molecule has 19 heavy (non-hydrogen) atoms. The van der Waals surface area contributed by atoms with Gasteiger partial charge in [0.1, 0.15) is 11.6 Å². The van der Waals surface area contributed by atoms with Crippen LogP contribution in [0.1, 0.15) is 16.8 Å². The van der Waals surface area contributed by atoms with Gasteiger partial charge in [-0.25, -0.2) is 8.78 Å². The number of hydrogen-bond donors (Lipinski definition) is 2. The summed E-state index contributed by atoms with van der Waals surface area (Å²) in [6.07, 6.45) is 0.0723. The number of Topliss-reactive ketones (excluding diaryl/α,β-unsaturated/α-hetero) is 1. The Morgan fingerprint density at radius 2 is 1.53 bits per heavy atom. The largest absolute Gasteiger partial charge is 0.395 e. The Hall–Kier alpha value is -1.37. The van der Waals surface area contributed by atoms with Gasteiger partial charge in [-0.1, -0.05) is 0 Å². The minimum absolute atomic E-state index is 0.00885. The van der Waals surface area contributed by atoms with Gasteiger partial charge in [0.05, 0.1) is 13.2 Å². The predicted octanol–water partition coefficient (Wildman–Crippen LogP) is 0.824. The van der Waals surface area contributed by atoms with Crippen LogP contribution < -0.4 is 0 Å². The van der Waals surface area contributed by atoms with Crippen LogP contribution in [0.2, 0.25) is 0 Å². The molecular weight excluding hydrogens is 256 g/mol. The smallest absolute Gasteiger partial charge is 0.164 e. The molecule has 0 aliphatic rings. The van der Waals surface area contributed by atoms with E-state index in [1.807, 2.05) is 0 Å². The number of carbonyl (C=O) groups is 1. The van der Waals surface area contributed by atoms with Crippen molar-refractivity contribution in [2.45, 2.75) is 6.42 Å². The second kappa shape index (κ2) is 7.93. The fourth-order valence-electron chi connectivity index (χ4n) is 1.74. The van der Waals surface area contributed by atoms with Crippen LogP contribution >= 0.6 is 0 Å². The second-order valence-corrected chi connectivity index (χ2v) is 4.12. The Labute approximate surface area is 110 Å². The Bertz CT molecular complexity index is 400. The number of benzene rings is 1. The topological polar surface area (TPSA) is 60.8 Å². The summed E-state index contributed by atoms with van der Waals surface area (Å²) in [5.74, 6) is -1.95. The monoisotopic (exact) mass is 273 g/mol. The fraction of sp³-hybridized carbons (Fsp3) is 0.462. The van der Waals surface area contributed by atoms with E-state index in [1.54, 1.807) is 4.90 Å². The first-order valence-corrected chi connectivity index (χ1v) is 6.00. The molecule has 0 saturated heterocycles. The normalized spacial score (nSPS) is 11.0. The maximum Gasteiger partial charge on any atom is 0.164 e. The Kier molecular flexibility index (Phi) is 6.55. The van der Waals surface area contributed by atoms with Crippen molar-refractivity contribution in [3.05, 3.63) is 35.4 Å². The number of carbonyl (C=O) groups excluding carboxylic acids is 1. The molecule has 2 N–H and O–H groups in total. The van der Waals surface area contributed by atoms with E-state index in [4.69, 9.17) is 10.2 Å². The summed E-state index contributed by atoms with van der Waals surface area (Å²) >= 11 is 0. The van der Waals surface area contributed by atoms with Gasteiger partial charge in [-0.15, -0.1) is 0 Å². The van der Waals surface area contributed by atoms with E-state index >= 15 is 0 Å². The summed E-state index contributed by atoms with van der Waals surface area (Å²) < 4.78 is 25.9. The fourth-order valence-corrected chi connectivity index (χ4v) is 1.74. The van der Waals surface area contributed by atoms with Crippen LogP contribution in [-0.2, 0) is 0 Å². The van der Waals surface area contributed by atoms with E-state index < -0.39 is 11.6 Å². The zero-order chi connectivity index (χ0) is 14.3. The molecule has 106 valence electrons. The highest BCUT2D eigenvalue weighted by Crippen LogP contribution is 2.10. The quantitative estimate of drug-likeness (QED) is 0.689. The Morgan fingerprint density at radius 3 is 2.00 bits per heavy atom. The molecule has 0 radical (unpaired) electrons. The van der Waals surface area contributed by atoms with Gasteiger partial charge in [-0.3, -0.25) is 9.69 Å². The number of rotatable bonds is 8. The molecule has 1 aromatic rings. The standard InChI is InChI=1S/C13H17F2NO3/c14-11-7-10(8-12(15)9-11)13(19)1-2-16(3-5-17)4-6-18/h7-9,17-18H,1-6H2. The number of halogens is 2. The molecule has 0 fully saturated rings. The summed E-state index contributed by atoms with van der Waals surface area (Å²) in [5, 5.41) is 17.6. The highest BCUT2D eigenvalue weighted by molar-refractivity contribution is 5.96. The van der Waals surface area contributed by atoms with Crippen LogP contribution in [0.5, 0.6) is 0 Å². The van der Waals surface area contributed by atoms with Gasteiger partial charge in [0.2, 0.25) is 0 Å². The van der Waals surface area contributed by atoms with Gasteiger partial charge in [-0.05, 0) is 12.1 Å². The van der Waals surface area contributed by atoms with Crippen LogP contribution in [0, 0.1) is 11.6 Å². The maximum atomic E-state index is 13.0. The summed E-state index contributed by atoms with van der Waals surface area (Å²) in [5.41, 5.74) is -0.00885. The van der Waals surface area contributed by atoms with Crippen molar-refractivity contribution in [1.82, 2.24) is 4.90 Å². The van der Waals surface area contributed by atoms with E-state index in [-0.39, 0.29) is 31.0 Å². The molecule has 0 amide bonds. The molecule has 0 spiro atoms. The first-order valence-electron chi connectivity index (χ1n) is 6.00. The lowest BCUT2D eigenvalue weighted by Crippen LogP contribution is -2.32. The van der Waals surface area contributed by atoms with Crippen molar-refractivity contribution in [2.75, 3.05) is 32.8 Å². The van der Waals surface area contributed by atoms with Crippen molar-refractivity contribution in [3.63, 3.8) is 0 Å². The zero-order valence-electron chi connectivity index (χ0n) is 10.5. The minimum Gasteiger partial charge on any atom is -0.395 e. The van der Waals surface area contributed by atoms with Crippen molar-refractivity contribution >= 4 is 5.78 Å². The molecule has 0 aliphatic heterocycles. The Morgan fingerprint density at radius 1 is 1.00 bits per heavy atom. The number of ketones is 1. The summed E-state index contributed by atoms with van der Waals surface area (Å²) in [7, 11) is 0. The van der Waals surface area contributed by atoms with Crippen molar-refractivity contribution in [2.24, 2.45) is 0 Å². The number of aliphatic hydroxyl groups excluding tert-OH is 2. The highest BCUT2D eigenvalue weighted by atomic mass is 19.1. The van der Waals surface area contributed by atoms with Gasteiger partial charge in [0.25, 0.3) is 0 Å². The second-order valence-electron chi connectivity index (χ2n) is 4.12. The average Bonchev–Trinajstić information content (AvgIpc) is 2.35. The van der Waals surface area contributed by atoms with Gasteiger partial charge in [0.15, 0.2) is 5.78 Å². The molecule has 0 heterocycles. The van der Waals surface area contributed by atoms with Crippen LogP contribution in [0.4, 0.5) is 8.78 Å². The van der Waals surface area contributed by atoms with Crippen LogP contribution in [0.3, 0.4) is 0 Å². The molecular formula is C13H17F2NO3. The molecule has 0 unspecified atom stereocenters. The summed E-state index contributed by atoms with van der Waals surface area (Å²) in [6.45, 7) is 0.834. The van der Waals surface area contributed by atoms with Crippen molar-refractivity contribution in [1.29, 1.82) is 0 Å². The average molecular weight is 273 g/mol. The summed E-state index contributed by atoms with van der Waals surface area (Å²) in [6, 6.07) is 2.70. The van der Waals surface area contributed by atoms with E-state index in [2.05, 4.69) is 0 Å². The molecule has 0 bridgehead atoms. The SMILES string of the molecule is O=C(CCN(CCO)CCO)c1cc(F)cc(F)c1. The molecule has 1 aromatic carbocycles. The van der Waals surface area contributed by atoms with E-state index in [1.165, 1.54) is 0 Å². The predicted molar refractivity (Wildman–Crippen MR) is 65.9 cm³/mol. The van der Waals surface area contributed by atoms with E-state index in [9.17, 15) is 13.6 Å². The number of hydrogen-bond acceptors (Lipinski definition) is 4. The van der Waals surface area contributed by atoms with Crippen LogP contribution in [-0.4, -0.2) is 53.7 Å². The third-order valence-electron chi connectivity index (χ3n) is 2.67. The Balaban J connectivity index is 2.58. The highest BCUT2D eigenvalue weighted by Gasteiger charge is 2.11. The van der Waals surface area contributed by atoms with Crippen molar-refractivity contribution < 1.29 is 23.8 Å². The molecule has 4 nitrogen and oxygen atoms in total. The van der Waals surface area contributed by atoms with Crippen LogP contribution in [0.25, 0.3) is 0 Å². The molecule has 0 saturated carbocycles. The lowest BCUT2D eigenvalue weighted by Gasteiger charge is -2.19. The summed E-state index contributed by atoms with van der Waals surface area (Å²) in [4.78, 5) is 13.5. The molecule has 0 atom stereocenters. The molecule has 0 aliphatic carbocycles. The lowest BCUT2D eigenvalue weighted by molar-refractivity contribution is 0.0946. The third-order valence-corrected chi connectivity index (χ3v) is 2.67. The number of nitrogens with zero attached hydrogens (tertiary/aromatic N) is 1. The van der Waals surface area contributed by atoms with Crippen molar-refractivity contribution in [3.8, 4) is 0 Å². The minimum atomic E-state index is -0.786. The number of aliphatic hydroxyl groups is 2. The first-order chi connectivity index (χ1) is 9.06. The van der Waals surface area contributed by atoms with Gasteiger partial charge in [0, 0.05) is 37.7 Å². The molecule has 0 aromatic heterocycles. The van der Waals surface area contributed by atoms with Crippen LogP contribution in [0.15, 0.2) is 18.2 Å². The molecule has 6 heteroatoms. The maximum absolute atomic E-state index is 13.0. The molecule has 1 rings (SSSR count). The van der Waals surface area contributed by atoms with E-state index in [0.29, 0.717) is 25.7 Å². The lowest BCUT2D eigenvalue weighted by atomic mass is 10.1. The van der Waals surface area contributed by atoms with Gasteiger partial charge < -0.3 is 10.2 Å². The van der Waals surface area contributed by atoms with Gasteiger partial charge >= 0.3 is 0 Å². The first kappa shape index (κ1) is 15.7. The van der Waals surface area contributed by atoms with Gasteiger partial charge in [-0.2, -0.15) is 0 Å². The van der Waals surface area contributed by atoms with E-state index in [0.717, 1.165) is 12.1 Å². The third kappa shape index (κ3) is 5.42.